The van der Waals surface area contributed by atoms with Crippen LogP contribution in [0, 0.1) is 0 Å². The number of nitrogens with two attached hydrogens (primary N) is 1. The van der Waals surface area contributed by atoms with Gasteiger partial charge in [-0.15, -0.1) is 3.89 Å². The van der Waals surface area contributed by atoms with Crippen LogP contribution in [0.2, 0.25) is 0 Å². The lowest BCUT2D eigenvalue weighted by atomic mass is 10.2. The lowest BCUT2D eigenvalue weighted by molar-refractivity contribution is 0.924. The molecule has 0 radical (unpaired) electrons. The van der Waals surface area contributed by atoms with E-state index in [-0.39, 0.29) is 12.3 Å². The molecule has 5 heteroatoms. The number of nitrogens with one attached hydrogen (secondary N) is 1. The Hall–Kier alpha value is -1.10. The Morgan fingerprint density at radius 3 is 3.17 bits per heavy atom. The maximum absolute atomic E-state index is 12.2. The van der Waals surface area contributed by atoms with Crippen LogP contribution in [-0.2, 0) is 0 Å². The van der Waals surface area contributed by atoms with Crippen LogP contribution in [0.1, 0.15) is 0 Å². The molecule has 0 bridgehead atoms. The van der Waals surface area contributed by atoms with Crippen LogP contribution >= 0.6 is 12.3 Å². The number of nitrogen functional groups attached to an aromatic ring is 1. The fraction of sp³-hybridized carbons (Fsp3) is 0.143. The predicted octanol–water partition coefficient (Wildman–Crippen LogP) is 1.99. The summed E-state index contributed by atoms with van der Waals surface area (Å²) in [6.07, 6.45) is 0. The quantitative estimate of drug-likeness (QED) is 0.518. The molecule has 1 aliphatic rings. The van der Waals surface area contributed by atoms with Gasteiger partial charge in [-0.3, -0.25) is 4.31 Å². The first-order chi connectivity index (χ1) is 5.81. The zero-order valence-electron chi connectivity index (χ0n) is 6.25. The maximum Gasteiger partial charge on any atom is 0.167 e. The Morgan fingerprint density at radius 1 is 1.58 bits per heavy atom. The number of hydrogen-bond acceptors (Lipinski definition) is 4. The van der Waals surface area contributed by atoms with Crippen molar-refractivity contribution in [1.29, 1.82) is 0 Å². The van der Waals surface area contributed by atoms with Crippen LogP contribution in [-0.4, -0.2) is 6.67 Å². The van der Waals surface area contributed by atoms with Gasteiger partial charge in [0.2, 0.25) is 0 Å². The summed E-state index contributed by atoms with van der Waals surface area (Å²) in [5.41, 5.74) is 7.98. The Labute approximate surface area is 74.2 Å². The summed E-state index contributed by atoms with van der Waals surface area (Å²) in [5.74, 6) is 0. The van der Waals surface area contributed by atoms with E-state index in [1.54, 1.807) is 18.2 Å². The zero-order chi connectivity index (χ0) is 8.55. The number of benzene rings is 1. The van der Waals surface area contributed by atoms with Gasteiger partial charge in [-0.2, -0.15) is 0 Å². The normalized spacial score (nSPS) is 14.2. The van der Waals surface area contributed by atoms with E-state index in [1.165, 1.54) is 4.31 Å². The Kier molecular flexibility index (Phi) is 1.73. The van der Waals surface area contributed by atoms with Crippen LogP contribution in [0.3, 0.4) is 0 Å². The van der Waals surface area contributed by atoms with Gasteiger partial charge >= 0.3 is 0 Å². The van der Waals surface area contributed by atoms with Crippen LogP contribution < -0.4 is 15.4 Å². The number of halogens is 1. The third-order valence-electron chi connectivity index (χ3n) is 1.79. The minimum atomic E-state index is 0.211. The van der Waals surface area contributed by atoms with E-state index in [2.05, 4.69) is 5.32 Å². The van der Waals surface area contributed by atoms with Gasteiger partial charge in [-0.25, -0.2) is 0 Å². The van der Waals surface area contributed by atoms with Gasteiger partial charge in [0.15, 0.2) is 12.3 Å². The fourth-order valence-corrected chi connectivity index (χ4v) is 1.56. The molecule has 0 atom stereocenters. The number of hydrogen-bond donors (Lipinski definition) is 2. The second kappa shape index (κ2) is 2.75. The highest BCUT2D eigenvalue weighted by atomic mass is 32.2. The smallest absolute Gasteiger partial charge is 0.167 e. The molecule has 0 aliphatic carbocycles. The first-order valence-electron chi connectivity index (χ1n) is 3.51. The van der Waals surface area contributed by atoms with Gasteiger partial charge in [-0.1, -0.05) is 0 Å². The highest BCUT2D eigenvalue weighted by Gasteiger charge is 2.18. The molecule has 0 fully saturated rings. The maximum atomic E-state index is 12.2. The lowest BCUT2D eigenvalue weighted by Crippen LogP contribution is -2.11. The van der Waals surface area contributed by atoms with Crippen LogP contribution in [0.15, 0.2) is 18.2 Å². The second-order valence-corrected chi connectivity index (χ2v) is 3.14. The molecule has 0 spiro atoms. The Bertz CT molecular complexity index is 305. The monoisotopic (exact) mass is 185 g/mol. The molecule has 0 unspecified atom stereocenters. The van der Waals surface area contributed by atoms with E-state index in [4.69, 9.17) is 5.73 Å². The molecule has 0 amide bonds. The van der Waals surface area contributed by atoms with Crippen LogP contribution in [0.4, 0.5) is 20.9 Å². The molecule has 2 rings (SSSR count). The third kappa shape index (κ3) is 1.06. The lowest BCUT2D eigenvalue weighted by Gasteiger charge is -2.08. The van der Waals surface area contributed by atoms with Crippen molar-refractivity contribution in [2.24, 2.45) is 0 Å². The molecule has 3 N–H and O–H groups in total. The third-order valence-corrected chi connectivity index (χ3v) is 2.28. The number of anilines is 3. The minimum absolute atomic E-state index is 0.211. The first-order valence-corrected chi connectivity index (χ1v) is 4.18. The minimum Gasteiger partial charge on any atom is -0.399 e. The molecule has 1 aromatic rings. The SMILES string of the molecule is Nc1ccc2c(c1)NCN2SF. The highest BCUT2D eigenvalue weighted by Crippen LogP contribution is 2.36. The number of fused-ring (bicyclic) bond motifs is 1. The number of rotatable bonds is 1. The standard InChI is InChI=1S/C7H8FN3S/c8-12-11-4-10-6-3-5(9)1-2-7(6)11/h1-3,10H,4,9H2. The van der Waals surface area contributed by atoms with Crippen molar-refractivity contribution in [3.8, 4) is 0 Å². The van der Waals surface area contributed by atoms with Crippen molar-refractivity contribution in [1.82, 2.24) is 0 Å². The zero-order valence-corrected chi connectivity index (χ0v) is 7.07. The van der Waals surface area contributed by atoms with E-state index >= 15 is 0 Å². The van der Waals surface area contributed by atoms with Gasteiger partial charge in [0.25, 0.3) is 0 Å². The van der Waals surface area contributed by atoms with Gasteiger partial charge in [-0.05, 0) is 18.2 Å². The highest BCUT2D eigenvalue weighted by molar-refractivity contribution is 7.95. The van der Waals surface area contributed by atoms with Crippen molar-refractivity contribution >= 4 is 29.4 Å². The van der Waals surface area contributed by atoms with Gasteiger partial charge in [0, 0.05) is 5.69 Å². The van der Waals surface area contributed by atoms with Crippen molar-refractivity contribution in [3.63, 3.8) is 0 Å². The largest absolute Gasteiger partial charge is 0.399 e. The van der Waals surface area contributed by atoms with E-state index in [0.29, 0.717) is 12.4 Å². The topological polar surface area (TPSA) is 41.3 Å². The van der Waals surface area contributed by atoms with Crippen LogP contribution in [0.5, 0.6) is 0 Å². The summed E-state index contributed by atoms with van der Waals surface area (Å²) >= 11 is 0.211. The molecular weight excluding hydrogens is 177 g/mol. The molecule has 64 valence electrons. The average Bonchev–Trinajstić information content (AvgIpc) is 2.46. The van der Waals surface area contributed by atoms with Crippen molar-refractivity contribution < 1.29 is 3.89 Å². The summed E-state index contributed by atoms with van der Waals surface area (Å²) in [4.78, 5) is 0. The molecule has 1 heterocycles. The average molecular weight is 185 g/mol. The summed E-state index contributed by atoms with van der Waals surface area (Å²) in [5, 5.41) is 3.03. The van der Waals surface area contributed by atoms with Gasteiger partial charge in [0.1, 0.15) is 6.67 Å². The molecule has 1 aromatic carbocycles. The summed E-state index contributed by atoms with van der Waals surface area (Å²) in [6, 6.07) is 5.36. The van der Waals surface area contributed by atoms with Crippen molar-refractivity contribution in [2.75, 3.05) is 22.0 Å². The first kappa shape index (κ1) is 7.54. The van der Waals surface area contributed by atoms with E-state index in [1.807, 2.05) is 0 Å². The van der Waals surface area contributed by atoms with Gasteiger partial charge < -0.3 is 11.1 Å². The van der Waals surface area contributed by atoms with E-state index in [0.717, 1.165) is 11.4 Å². The fourth-order valence-electron chi connectivity index (χ4n) is 1.22. The predicted molar refractivity (Wildman–Crippen MR) is 50.5 cm³/mol. The molecule has 12 heavy (non-hydrogen) atoms. The molecule has 0 aromatic heterocycles. The van der Waals surface area contributed by atoms with E-state index in [9.17, 15) is 3.89 Å². The molecule has 3 nitrogen and oxygen atoms in total. The second-order valence-electron chi connectivity index (χ2n) is 2.56. The van der Waals surface area contributed by atoms with Crippen LogP contribution in [0.25, 0.3) is 0 Å². The summed E-state index contributed by atoms with van der Waals surface area (Å²) < 4.78 is 13.8. The summed E-state index contributed by atoms with van der Waals surface area (Å²) in [6.45, 7) is 0.486. The molecular formula is C7H8FN3S. The molecule has 0 saturated heterocycles. The Morgan fingerprint density at radius 2 is 2.42 bits per heavy atom. The molecule has 0 saturated carbocycles. The van der Waals surface area contributed by atoms with Crippen molar-refractivity contribution in [3.05, 3.63) is 18.2 Å². The van der Waals surface area contributed by atoms with Crippen molar-refractivity contribution in [2.45, 2.75) is 0 Å². The number of nitrogens with zero attached hydrogens (tertiary/aromatic N) is 1. The Balaban J connectivity index is 2.40. The molecule has 1 aliphatic heterocycles. The van der Waals surface area contributed by atoms with E-state index < -0.39 is 0 Å². The summed E-state index contributed by atoms with van der Waals surface area (Å²) in [7, 11) is 0. The van der Waals surface area contributed by atoms with Gasteiger partial charge in [0.05, 0.1) is 11.4 Å².